The Morgan fingerprint density at radius 1 is 0.641 bits per heavy atom. The van der Waals surface area contributed by atoms with E-state index in [4.69, 9.17) is 19.5 Å². The molecule has 6 nitrogen and oxygen atoms in total. The van der Waals surface area contributed by atoms with Crippen LogP contribution < -0.4 is 9.47 Å². The number of likely N-dealkylation sites (N-methyl/N-ethyl adjacent to an activating group) is 2. The SMILES string of the molecule is CCN1CCN=C1c1ccc(OCc2cc(C)cc(COc3ccc(C4=NCCN4CC)cc3C)c2)c(C)c1. The maximum atomic E-state index is 6.26. The molecule has 2 aliphatic heterocycles. The molecule has 3 aromatic rings. The summed E-state index contributed by atoms with van der Waals surface area (Å²) >= 11 is 0. The lowest BCUT2D eigenvalue weighted by atomic mass is 10.1. The Kier molecular flexibility index (Phi) is 8.20. The van der Waals surface area contributed by atoms with Crippen molar-refractivity contribution in [2.75, 3.05) is 39.3 Å². The predicted molar refractivity (Wildman–Crippen MR) is 160 cm³/mol. The van der Waals surface area contributed by atoms with Crippen LogP contribution in [0, 0.1) is 20.8 Å². The van der Waals surface area contributed by atoms with Gasteiger partial charge in [-0.3, -0.25) is 9.98 Å². The van der Waals surface area contributed by atoms with Crippen LogP contribution in [0.5, 0.6) is 11.5 Å². The Balaban J connectivity index is 1.22. The Labute approximate surface area is 233 Å². The van der Waals surface area contributed by atoms with E-state index in [0.29, 0.717) is 13.2 Å². The van der Waals surface area contributed by atoms with E-state index in [1.807, 2.05) is 0 Å². The van der Waals surface area contributed by atoms with Crippen molar-refractivity contribution in [1.29, 1.82) is 0 Å². The summed E-state index contributed by atoms with van der Waals surface area (Å²) in [4.78, 5) is 14.0. The first kappa shape index (κ1) is 26.8. The second kappa shape index (κ2) is 11.9. The van der Waals surface area contributed by atoms with E-state index in [-0.39, 0.29) is 0 Å². The summed E-state index contributed by atoms with van der Waals surface area (Å²) in [6.45, 7) is 17.4. The van der Waals surface area contributed by atoms with Gasteiger partial charge in [0.2, 0.25) is 0 Å². The van der Waals surface area contributed by atoms with Crippen LogP contribution in [-0.4, -0.2) is 60.7 Å². The van der Waals surface area contributed by atoms with Crippen LogP contribution in [0.2, 0.25) is 0 Å². The Bertz CT molecular complexity index is 1290. The number of benzene rings is 3. The number of nitrogens with zero attached hydrogens (tertiary/aromatic N) is 4. The van der Waals surface area contributed by atoms with Gasteiger partial charge in [0, 0.05) is 37.3 Å². The van der Waals surface area contributed by atoms with E-state index in [1.165, 1.54) is 5.56 Å². The summed E-state index contributed by atoms with van der Waals surface area (Å²) < 4.78 is 12.5. The fourth-order valence-corrected chi connectivity index (χ4v) is 5.47. The summed E-state index contributed by atoms with van der Waals surface area (Å²) in [5.74, 6) is 4.00. The number of hydrogen-bond acceptors (Lipinski definition) is 6. The minimum atomic E-state index is 0.515. The molecule has 0 spiro atoms. The highest BCUT2D eigenvalue weighted by molar-refractivity contribution is 6.00. The molecule has 39 heavy (non-hydrogen) atoms. The lowest BCUT2D eigenvalue weighted by molar-refractivity contribution is 0.297. The Morgan fingerprint density at radius 2 is 1.10 bits per heavy atom. The number of aryl methyl sites for hydroxylation is 3. The molecule has 204 valence electrons. The summed E-state index contributed by atoms with van der Waals surface area (Å²) in [7, 11) is 0. The number of hydrogen-bond donors (Lipinski definition) is 0. The van der Waals surface area contributed by atoms with E-state index in [1.54, 1.807) is 0 Å². The highest BCUT2D eigenvalue weighted by Gasteiger charge is 2.19. The Hall–Kier alpha value is -3.80. The zero-order valence-corrected chi connectivity index (χ0v) is 24.0. The maximum Gasteiger partial charge on any atom is 0.131 e. The van der Waals surface area contributed by atoms with Crippen LogP contribution in [0.1, 0.15) is 52.8 Å². The van der Waals surface area contributed by atoms with Gasteiger partial charge in [-0.2, -0.15) is 0 Å². The second-order valence-electron chi connectivity index (χ2n) is 10.4. The standard InChI is InChI=1S/C33H40N4O2/c1-6-36-14-12-34-32(36)28-8-10-30(24(4)18-28)38-21-26-16-23(3)17-27(20-26)22-39-31-11-9-29(19-25(31)5)33-35-13-15-37(33)7-2/h8-11,16-20H,6-7,12-15,21-22H2,1-5H3. The van der Waals surface area contributed by atoms with Gasteiger partial charge in [-0.15, -0.1) is 0 Å². The molecule has 0 aromatic heterocycles. The fourth-order valence-electron chi connectivity index (χ4n) is 5.47. The van der Waals surface area contributed by atoms with Crippen LogP contribution in [-0.2, 0) is 13.2 Å². The molecular weight excluding hydrogens is 484 g/mol. The fraction of sp³-hybridized carbons (Fsp3) is 0.394. The average molecular weight is 525 g/mol. The number of rotatable bonds is 10. The molecule has 0 bridgehead atoms. The minimum absolute atomic E-state index is 0.515. The number of ether oxygens (including phenoxy) is 2. The first-order chi connectivity index (χ1) is 18.9. The van der Waals surface area contributed by atoms with Gasteiger partial charge in [0.25, 0.3) is 0 Å². The van der Waals surface area contributed by atoms with Crippen molar-refractivity contribution >= 4 is 11.7 Å². The summed E-state index contributed by atoms with van der Waals surface area (Å²) in [5, 5.41) is 0. The molecular formula is C33H40N4O2. The van der Waals surface area contributed by atoms with E-state index in [9.17, 15) is 0 Å². The quantitative estimate of drug-likeness (QED) is 0.330. The van der Waals surface area contributed by atoms with Gasteiger partial charge >= 0.3 is 0 Å². The van der Waals surface area contributed by atoms with Crippen LogP contribution in [0.25, 0.3) is 0 Å². The first-order valence-electron chi connectivity index (χ1n) is 14.1. The molecule has 0 saturated carbocycles. The monoisotopic (exact) mass is 524 g/mol. The van der Waals surface area contributed by atoms with Crippen molar-refractivity contribution in [2.45, 2.75) is 47.8 Å². The van der Waals surface area contributed by atoms with Gasteiger partial charge in [-0.05, 0) is 99.3 Å². The molecule has 5 rings (SSSR count). The van der Waals surface area contributed by atoms with Gasteiger partial charge in [0.05, 0.1) is 13.1 Å². The normalized spacial score (nSPS) is 15.0. The predicted octanol–water partition coefficient (Wildman–Crippen LogP) is 5.93. The van der Waals surface area contributed by atoms with Crippen molar-refractivity contribution in [3.05, 3.63) is 93.5 Å². The highest BCUT2D eigenvalue weighted by atomic mass is 16.5. The van der Waals surface area contributed by atoms with Gasteiger partial charge in [-0.1, -0.05) is 17.7 Å². The van der Waals surface area contributed by atoms with E-state index in [0.717, 1.165) is 95.8 Å². The molecule has 0 N–H and O–H groups in total. The summed E-state index contributed by atoms with van der Waals surface area (Å²) in [5.41, 5.74) is 8.05. The number of amidine groups is 2. The molecule has 0 amide bonds. The third-order valence-corrected chi connectivity index (χ3v) is 7.48. The highest BCUT2D eigenvalue weighted by Crippen LogP contribution is 2.25. The topological polar surface area (TPSA) is 49.7 Å². The van der Waals surface area contributed by atoms with Crippen LogP contribution in [0.4, 0.5) is 0 Å². The van der Waals surface area contributed by atoms with E-state index in [2.05, 4.69) is 99.0 Å². The van der Waals surface area contributed by atoms with Gasteiger partial charge in [0.15, 0.2) is 0 Å². The molecule has 2 aliphatic rings. The number of aliphatic imine (C=N–C) groups is 2. The van der Waals surface area contributed by atoms with Crippen molar-refractivity contribution < 1.29 is 9.47 Å². The molecule has 3 aromatic carbocycles. The van der Waals surface area contributed by atoms with Gasteiger partial charge in [-0.25, -0.2) is 0 Å². The lowest BCUT2D eigenvalue weighted by Gasteiger charge is -2.19. The average Bonchev–Trinajstić information content (AvgIpc) is 3.61. The Morgan fingerprint density at radius 3 is 1.51 bits per heavy atom. The van der Waals surface area contributed by atoms with Crippen LogP contribution >= 0.6 is 0 Å². The third kappa shape index (κ3) is 6.11. The molecule has 0 atom stereocenters. The molecule has 2 heterocycles. The largest absolute Gasteiger partial charge is 0.489 e. The van der Waals surface area contributed by atoms with Crippen molar-refractivity contribution in [3.8, 4) is 11.5 Å². The molecule has 6 heteroatoms. The second-order valence-corrected chi connectivity index (χ2v) is 10.4. The van der Waals surface area contributed by atoms with Gasteiger partial charge in [0.1, 0.15) is 36.4 Å². The molecule has 0 fully saturated rings. The van der Waals surface area contributed by atoms with Crippen molar-refractivity contribution in [3.63, 3.8) is 0 Å². The van der Waals surface area contributed by atoms with Gasteiger partial charge < -0.3 is 19.3 Å². The van der Waals surface area contributed by atoms with Crippen LogP contribution in [0.3, 0.4) is 0 Å². The molecule has 0 aliphatic carbocycles. The molecule has 0 saturated heterocycles. The maximum absolute atomic E-state index is 6.26. The zero-order chi connectivity index (χ0) is 27.4. The molecule has 0 unspecified atom stereocenters. The van der Waals surface area contributed by atoms with Crippen molar-refractivity contribution in [2.24, 2.45) is 9.98 Å². The lowest BCUT2D eigenvalue weighted by Crippen LogP contribution is -2.28. The molecule has 0 radical (unpaired) electrons. The van der Waals surface area contributed by atoms with E-state index >= 15 is 0 Å². The smallest absolute Gasteiger partial charge is 0.131 e. The minimum Gasteiger partial charge on any atom is -0.489 e. The summed E-state index contributed by atoms with van der Waals surface area (Å²) in [6, 6.07) is 19.3. The first-order valence-corrected chi connectivity index (χ1v) is 14.1. The zero-order valence-electron chi connectivity index (χ0n) is 24.0. The van der Waals surface area contributed by atoms with E-state index < -0.39 is 0 Å². The third-order valence-electron chi connectivity index (χ3n) is 7.48. The summed E-state index contributed by atoms with van der Waals surface area (Å²) in [6.07, 6.45) is 0. The van der Waals surface area contributed by atoms with Crippen molar-refractivity contribution in [1.82, 2.24) is 9.80 Å². The van der Waals surface area contributed by atoms with Crippen LogP contribution in [0.15, 0.2) is 64.6 Å².